The minimum absolute atomic E-state index is 0.750. The maximum absolute atomic E-state index is 7.12. The highest BCUT2D eigenvalue weighted by atomic mass is 16.4. The van der Waals surface area contributed by atoms with Gasteiger partial charge in [-0.05, 0) is 23.3 Å². The SMILES string of the molecule is Nc1cccc(-c2ccccc2)c1.OBO. The van der Waals surface area contributed by atoms with E-state index in [1.54, 1.807) is 0 Å². The first-order valence-electron chi connectivity index (χ1n) is 4.90. The maximum Gasteiger partial charge on any atom is 0.432 e. The molecule has 0 spiro atoms. The quantitative estimate of drug-likeness (QED) is 0.494. The molecular formula is C12H14BNO2. The predicted octanol–water partition coefficient (Wildman–Crippen LogP) is 1.17. The molecule has 0 saturated carbocycles. The lowest BCUT2D eigenvalue weighted by atomic mass is 10.1. The summed E-state index contributed by atoms with van der Waals surface area (Å²) in [6, 6.07) is 18.1. The fraction of sp³-hybridized carbons (Fsp3) is 0. The molecule has 2 aromatic carbocycles. The van der Waals surface area contributed by atoms with Crippen LogP contribution in [0.3, 0.4) is 0 Å². The normalized spacial score (nSPS) is 8.88. The number of rotatable bonds is 1. The highest BCUT2D eigenvalue weighted by Crippen LogP contribution is 2.20. The monoisotopic (exact) mass is 215 g/mol. The van der Waals surface area contributed by atoms with Gasteiger partial charge in [0.2, 0.25) is 0 Å². The molecule has 0 radical (unpaired) electrons. The minimum atomic E-state index is -0.750. The van der Waals surface area contributed by atoms with Gasteiger partial charge in [-0.1, -0.05) is 42.5 Å². The number of hydrogen-bond acceptors (Lipinski definition) is 3. The third-order valence-electron chi connectivity index (χ3n) is 1.99. The summed E-state index contributed by atoms with van der Waals surface area (Å²) >= 11 is 0. The summed E-state index contributed by atoms with van der Waals surface area (Å²) in [5.74, 6) is 0. The molecule has 3 nitrogen and oxygen atoms in total. The van der Waals surface area contributed by atoms with E-state index in [0.29, 0.717) is 0 Å². The molecule has 0 aliphatic rings. The first-order valence-corrected chi connectivity index (χ1v) is 4.90. The van der Waals surface area contributed by atoms with Crippen molar-refractivity contribution in [1.82, 2.24) is 0 Å². The van der Waals surface area contributed by atoms with E-state index in [-0.39, 0.29) is 0 Å². The lowest BCUT2D eigenvalue weighted by Gasteiger charge is -2.01. The van der Waals surface area contributed by atoms with Crippen molar-refractivity contribution in [2.75, 3.05) is 5.73 Å². The van der Waals surface area contributed by atoms with E-state index in [1.165, 1.54) is 11.1 Å². The average Bonchev–Trinajstić information content (AvgIpc) is 2.31. The molecule has 16 heavy (non-hydrogen) atoms. The first-order chi connectivity index (χ1) is 7.77. The summed E-state index contributed by atoms with van der Waals surface area (Å²) in [6.45, 7) is 0. The predicted molar refractivity (Wildman–Crippen MR) is 67.9 cm³/mol. The van der Waals surface area contributed by atoms with Crippen molar-refractivity contribution in [3.05, 3.63) is 54.6 Å². The fourth-order valence-electron chi connectivity index (χ4n) is 1.35. The average molecular weight is 215 g/mol. The van der Waals surface area contributed by atoms with Crippen LogP contribution < -0.4 is 5.73 Å². The molecule has 4 heteroatoms. The Morgan fingerprint density at radius 2 is 1.38 bits per heavy atom. The molecule has 2 aromatic rings. The molecule has 0 atom stereocenters. The van der Waals surface area contributed by atoms with Gasteiger partial charge in [0, 0.05) is 5.69 Å². The van der Waals surface area contributed by atoms with E-state index in [2.05, 4.69) is 18.2 Å². The summed E-state index contributed by atoms with van der Waals surface area (Å²) in [5.41, 5.74) is 8.87. The molecule has 0 fully saturated rings. The second-order valence-corrected chi connectivity index (χ2v) is 3.13. The van der Waals surface area contributed by atoms with Crippen molar-refractivity contribution in [2.24, 2.45) is 0 Å². The van der Waals surface area contributed by atoms with Crippen LogP contribution in [0.1, 0.15) is 0 Å². The molecule has 0 unspecified atom stereocenters. The van der Waals surface area contributed by atoms with Crippen molar-refractivity contribution in [3.63, 3.8) is 0 Å². The molecule has 0 aliphatic carbocycles. The van der Waals surface area contributed by atoms with Gasteiger partial charge in [0.1, 0.15) is 0 Å². The van der Waals surface area contributed by atoms with Crippen LogP contribution in [0.2, 0.25) is 0 Å². The highest BCUT2D eigenvalue weighted by Gasteiger charge is 1.94. The van der Waals surface area contributed by atoms with Crippen LogP contribution in [0.4, 0.5) is 5.69 Å². The van der Waals surface area contributed by atoms with Gasteiger partial charge in [0.05, 0.1) is 0 Å². The van der Waals surface area contributed by atoms with Crippen molar-refractivity contribution in [3.8, 4) is 11.1 Å². The van der Waals surface area contributed by atoms with Gasteiger partial charge < -0.3 is 15.8 Å². The molecule has 0 aliphatic heterocycles. The molecule has 2 rings (SSSR count). The zero-order valence-electron chi connectivity index (χ0n) is 8.88. The number of benzene rings is 2. The van der Waals surface area contributed by atoms with Crippen LogP contribution >= 0.6 is 0 Å². The Morgan fingerprint density at radius 1 is 0.812 bits per heavy atom. The van der Waals surface area contributed by atoms with E-state index in [9.17, 15) is 0 Å². The lowest BCUT2D eigenvalue weighted by molar-refractivity contribution is 0.448. The number of nitrogen functional groups attached to an aromatic ring is 1. The largest absolute Gasteiger partial charge is 0.432 e. The van der Waals surface area contributed by atoms with Crippen LogP contribution in [-0.4, -0.2) is 17.7 Å². The van der Waals surface area contributed by atoms with Crippen LogP contribution in [-0.2, 0) is 0 Å². The third kappa shape index (κ3) is 3.77. The van der Waals surface area contributed by atoms with Gasteiger partial charge in [0.15, 0.2) is 0 Å². The van der Waals surface area contributed by atoms with Crippen LogP contribution in [0.5, 0.6) is 0 Å². The summed E-state index contributed by atoms with van der Waals surface area (Å²) in [4.78, 5) is 0. The second-order valence-electron chi connectivity index (χ2n) is 3.13. The molecule has 4 N–H and O–H groups in total. The molecule has 0 amide bonds. The number of nitrogens with two attached hydrogens (primary N) is 1. The van der Waals surface area contributed by atoms with Gasteiger partial charge in [-0.2, -0.15) is 0 Å². The highest BCUT2D eigenvalue weighted by molar-refractivity contribution is 6.13. The Labute approximate surface area is 95.5 Å². The molecule has 0 heterocycles. The van der Waals surface area contributed by atoms with Gasteiger partial charge >= 0.3 is 7.69 Å². The van der Waals surface area contributed by atoms with E-state index in [4.69, 9.17) is 15.8 Å². The van der Waals surface area contributed by atoms with Crippen LogP contribution in [0.15, 0.2) is 54.6 Å². The van der Waals surface area contributed by atoms with Gasteiger partial charge in [-0.25, -0.2) is 0 Å². The Kier molecular flexibility index (Phi) is 5.12. The summed E-state index contributed by atoms with van der Waals surface area (Å²) in [5, 5.41) is 14.2. The Morgan fingerprint density at radius 3 is 1.94 bits per heavy atom. The first kappa shape index (κ1) is 12.3. The Hall–Kier alpha value is -1.78. The standard InChI is InChI=1S/C12H11N.BH3O2/c13-12-8-4-7-11(9-12)10-5-2-1-3-6-10;2-1-3/h1-9H,13H2;1-3H. The van der Waals surface area contributed by atoms with Gasteiger partial charge in [0.25, 0.3) is 0 Å². The molecule has 82 valence electrons. The minimum Gasteiger partial charge on any atom is -0.430 e. The third-order valence-corrected chi connectivity index (χ3v) is 1.99. The van der Waals surface area contributed by atoms with Crippen LogP contribution in [0.25, 0.3) is 11.1 Å². The maximum atomic E-state index is 7.12. The zero-order chi connectivity index (χ0) is 11.8. The smallest absolute Gasteiger partial charge is 0.430 e. The number of anilines is 1. The molecule has 0 bridgehead atoms. The topological polar surface area (TPSA) is 66.5 Å². The Balaban J connectivity index is 0.000000386. The summed E-state index contributed by atoms with van der Waals surface area (Å²) in [6.07, 6.45) is 0. The molecule has 0 saturated heterocycles. The summed E-state index contributed by atoms with van der Waals surface area (Å²) < 4.78 is 0. The molecule has 0 aromatic heterocycles. The van der Waals surface area contributed by atoms with E-state index in [1.807, 2.05) is 36.4 Å². The van der Waals surface area contributed by atoms with Gasteiger partial charge in [-0.3, -0.25) is 0 Å². The molecular weight excluding hydrogens is 201 g/mol. The Bertz CT molecular complexity index is 420. The summed E-state index contributed by atoms with van der Waals surface area (Å²) in [7, 11) is -0.750. The van der Waals surface area contributed by atoms with Crippen molar-refractivity contribution in [1.29, 1.82) is 0 Å². The van der Waals surface area contributed by atoms with Crippen molar-refractivity contribution in [2.45, 2.75) is 0 Å². The van der Waals surface area contributed by atoms with E-state index < -0.39 is 7.69 Å². The lowest BCUT2D eigenvalue weighted by Crippen LogP contribution is -1.84. The van der Waals surface area contributed by atoms with Crippen molar-refractivity contribution < 1.29 is 10.0 Å². The van der Waals surface area contributed by atoms with Crippen molar-refractivity contribution >= 4 is 13.4 Å². The van der Waals surface area contributed by atoms with E-state index in [0.717, 1.165) is 5.69 Å². The van der Waals surface area contributed by atoms with Gasteiger partial charge in [-0.15, -0.1) is 0 Å². The second kappa shape index (κ2) is 6.66. The van der Waals surface area contributed by atoms with E-state index >= 15 is 0 Å². The fourth-order valence-corrected chi connectivity index (χ4v) is 1.35. The zero-order valence-corrected chi connectivity index (χ0v) is 8.88. The van der Waals surface area contributed by atoms with Crippen LogP contribution in [0, 0.1) is 0 Å². The number of hydrogen-bond donors (Lipinski definition) is 3.